The molecule has 0 aliphatic carbocycles. The van der Waals surface area contributed by atoms with Gasteiger partial charge in [-0.3, -0.25) is 4.79 Å². The molecular formula is C13H15ClF3NO3. The van der Waals surface area contributed by atoms with Crippen LogP contribution < -0.4 is 10.1 Å². The molecule has 0 aliphatic rings. The number of amides is 1. The molecule has 8 heteroatoms. The zero-order chi connectivity index (χ0) is 16.2. The van der Waals surface area contributed by atoms with Gasteiger partial charge in [0.2, 0.25) is 0 Å². The third-order valence-electron chi connectivity index (χ3n) is 2.66. The lowest BCUT2D eigenvalue weighted by Crippen LogP contribution is -2.44. The van der Waals surface area contributed by atoms with E-state index in [2.05, 4.69) is 0 Å². The van der Waals surface area contributed by atoms with Crippen LogP contribution in [0.25, 0.3) is 0 Å². The molecule has 0 aliphatic heterocycles. The van der Waals surface area contributed by atoms with Crippen molar-refractivity contribution in [3.63, 3.8) is 0 Å². The first-order valence-electron chi connectivity index (χ1n) is 6.06. The zero-order valence-corrected chi connectivity index (χ0v) is 12.1. The van der Waals surface area contributed by atoms with E-state index in [1.54, 1.807) is 25.1 Å². The van der Waals surface area contributed by atoms with E-state index in [1.165, 1.54) is 6.92 Å². The van der Waals surface area contributed by atoms with Crippen LogP contribution in [0, 0.1) is 6.92 Å². The Bertz CT molecular complexity index is 508. The van der Waals surface area contributed by atoms with E-state index in [9.17, 15) is 18.0 Å². The summed E-state index contributed by atoms with van der Waals surface area (Å²) in [6.07, 6.45) is -8.39. The number of hydrogen-bond acceptors (Lipinski definition) is 3. The van der Waals surface area contributed by atoms with Crippen molar-refractivity contribution >= 4 is 17.5 Å². The second-order valence-electron chi connectivity index (χ2n) is 4.47. The molecule has 2 unspecified atom stereocenters. The van der Waals surface area contributed by atoms with Gasteiger partial charge in [-0.15, -0.1) is 0 Å². The number of rotatable bonds is 5. The maximum absolute atomic E-state index is 12.1. The van der Waals surface area contributed by atoms with E-state index in [0.717, 1.165) is 0 Å². The molecular weight excluding hydrogens is 311 g/mol. The summed E-state index contributed by atoms with van der Waals surface area (Å²) in [5, 5.41) is 11.3. The van der Waals surface area contributed by atoms with E-state index in [0.29, 0.717) is 16.3 Å². The monoisotopic (exact) mass is 325 g/mol. The molecule has 0 bridgehead atoms. The highest BCUT2D eigenvalue weighted by atomic mass is 35.5. The molecule has 21 heavy (non-hydrogen) atoms. The smallest absolute Gasteiger partial charge is 0.416 e. The van der Waals surface area contributed by atoms with Gasteiger partial charge in [0, 0.05) is 5.02 Å². The number of nitrogens with one attached hydrogen (secondary N) is 1. The van der Waals surface area contributed by atoms with Gasteiger partial charge < -0.3 is 15.2 Å². The number of benzene rings is 1. The van der Waals surface area contributed by atoms with Crippen molar-refractivity contribution in [2.45, 2.75) is 32.2 Å². The number of aliphatic hydroxyl groups is 1. The van der Waals surface area contributed by atoms with Gasteiger partial charge in [0.15, 0.2) is 12.2 Å². The standard InChI is InChI=1S/C13H15ClF3NO3/c1-7-5-9(14)3-4-10(7)21-8(2)12(20)18-6-11(19)13(15,16)17/h3-5,8,11,19H,6H2,1-2H3,(H,18,20). The molecule has 118 valence electrons. The van der Waals surface area contributed by atoms with E-state index < -0.39 is 30.8 Å². The van der Waals surface area contributed by atoms with Crippen molar-refractivity contribution < 1.29 is 27.8 Å². The van der Waals surface area contributed by atoms with Crippen LogP contribution in [0.3, 0.4) is 0 Å². The number of alkyl halides is 3. The predicted octanol–water partition coefficient (Wildman–Crippen LogP) is 2.46. The average molecular weight is 326 g/mol. The molecule has 1 aromatic carbocycles. The topological polar surface area (TPSA) is 58.6 Å². The minimum atomic E-state index is -4.77. The zero-order valence-electron chi connectivity index (χ0n) is 11.4. The molecule has 2 N–H and O–H groups in total. The molecule has 0 saturated carbocycles. The molecule has 4 nitrogen and oxygen atoms in total. The van der Waals surface area contributed by atoms with Crippen LogP contribution in [0.1, 0.15) is 12.5 Å². The summed E-state index contributed by atoms with van der Waals surface area (Å²) < 4.78 is 41.6. The van der Waals surface area contributed by atoms with Gasteiger partial charge in [-0.1, -0.05) is 11.6 Å². The number of halogens is 4. The molecule has 0 spiro atoms. The number of carbonyl (C=O) groups excluding carboxylic acids is 1. The van der Waals surface area contributed by atoms with Gasteiger partial charge in [0.05, 0.1) is 6.54 Å². The van der Waals surface area contributed by atoms with Crippen molar-refractivity contribution in [3.05, 3.63) is 28.8 Å². The molecule has 1 amide bonds. The first-order chi connectivity index (χ1) is 9.61. The highest BCUT2D eigenvalue weighted by molar-refractivity contribution is 6.30. The highest BCUT2D eigenvalue weighted by Gasteiger charge is 2.38. The molecule has 0 fully saturated rings. The minimum absolute atomic E-state index is 0.401. The largest absolute Gasteiger partial charge is 0.481 e. The Balaban J connectivity index is 2.55. The first-order valence-corrected chi connectivity index (χ1v) is 6.44. The fraction of sp³-hybridized carbons (Fsp3) is 0.462. The Labute approximate surface area is 124 Å². The third-order valence-corrected chi connectivity index (χ3v) is 2.89. The summed E-state index contributed by atoms with van der Waals surface area (Å²) >= 11 is 5.77. The lowest BCUT2D eigenvalue weighted by Gasteiger charge is -2.19. The second-order valence-corrected chi connectivity index (χ2v) is 4.91. The van der Waals surface area contributed by atoms with Crippen LogP contribution in [0.4, 0.5) is 13.2 Å². The van der Waals surface area contributed by atoms with Gasteiger partial charge in [0.1, 0.15) is 5.75 Å². The Morgan fingerprint density at radius 3 is 2.62 bits per heavy atom. The van der Waals surface area contributed by atoms with E-state index in [-0.39, 0.29) is 0 Å². The number of aryl methyl sites for hydroxylation is 1. The SMILES string of the molecule is Cc1cc(Cl)ccc1OC(C)C(=O)NCC(O)C(F)(F)F. The lowest BCUT2D eigenvalue weighted by molar-refractivity contribution is -0.202. The number of ether oxygens (including phenoxy) is 1. The number of hydrogen-bond donors (Lipinski definition) is 2. The van der Waals surface area contributed by atoms with Crippen LogP contribution in [-0.2, 0) is 4.79 Å². The van der Waals surface area contributed by atoms with Gasteiger partial charge in [-0.2, -0.15) is 13.2 Å². The molecule has 0 radical (unpaired) electrons. The molecule has 0 heterocycles. The maximum atomic E-state index is 12.1. The molecule has 0 saturated heterocycles. The summed E-state index contributed by atoms with van der Waals surface area (Å²) in [5.41, 5.74) is 0.692. The highest BCUT2D eigenvalue weighted by Crippen LogP contribution is 2.23. The van der Waals surface area contributed by atoms with Crippen molar-refractivity contribution in [1.29, 1.82) is 0 Å². The van der Waals surface area contributed by atoms with E-state index >= 15 is 0 Å². The number of carbonyl (C=O) groups is 1. The average Bonchev–Trinajstić information content (AvgIpc) is 2.37. The van der Waals surface area contributed by atoms with Crippen LogP contribution in [0.15, 0.2) is 18.2 Å². The van der Waals surface area contributed by atoms with Gasteiger partial charge in [-0.25, -0.2) is 0 Å². The molecule has 1 rings (SSSR count). The van der Waals surface area contributed by atoms with Crippen LogP contribution in [0.2, 0.25) is 5.02 Å². The first kappa shape index (κ1) is 17.6. The van der Waals surface area contributed by atoms with E-state index in [1.807, 2.05) is 5.32 Å². The molecule has 1 aromatic rings. The fourth-order valence-electron chi connectivity index (χ4n) is 1.45. The Kier molecular flexibility index (Phi) is 5.86. The van der Waals surface area contributed by atoms with Crippen molar-refractivity contribution in [3.8, 4) is 5.75 Å². The Morgan fingerprint density at radius 1 is 1.48 bits per heavy atom. The van der Waals surface area contributed by atoms with Crippen LogP contribution in [-0.4, -0.2) is 35.9 Å². The van der Waals surface area contributed by atoms with Crippen LogP contribution in [0.5, 0.6) is 5.75 Å². The van der Waals surface area contributed by atoms with Crippen molar-refractivity contribution in [2.75, 3.05) is 6.54 Å². The van der Waals surface area contributed by atoms with Gasteiger partial charge in [-0.05, 0) is 37.6 Å². The second kappa shape index (κ2) is 7.00. The summed E-state index contributed by atoms with van der Waals surface area (Å²) in [7, 11) is 0. The van der Waals surface area contributed by atoms with Crippen LogP contribution >= 0.6 is 11.6 Å². The number of aliphatic hydroxyl groups excluding tert-OH is 1. The minimum Gasteiger partial charge on any atom is -0.481 e. The molecule has 0 aromatic heterocycles. The quantitative estimate of drug-likeness (QED) is 0.874. The Hall–Kier alpha value is -1.47. The lowest BCUT2D eigenvalue weighted by atomic mass is 10.2. The fourth-order valence-corrected chi connectivity index (χ4v) is 1.67. The summed E-state index contributed by atoms with van der Waals surface area (Å²) in [6.45, 7) is 2.19. The third kappa shape index (κ3) is 5.43. The maximum Gasteiger partial charge on any atom is 0.416 e. The predicted molar refractivity (Wildman–Crippen MR) is 71.4 cm³/mol. The van der Waals surface area contributed by atoms with Gasteiger partial charge >= 0.3 is 6.18 Å². The van der Waals surface area contributed by atoms with Crippen molar-refractivity contribution in [2.24, 2.45) is 0 Å². The summed E-state index contributed by atoms with van der Waals surface area (Å²) in [5.74, 6) is -0.355. The van der Waals surface area contributed by atoms with Gasteiger partial charge in [0.25, 0.3) is 5.91 Å². The normalized spacial score (nSPS) is 14.4. The summed E-state index contributed by atoms with van der Waals surface area (Å²) in [6, 6.07) is 4.77. The summed E-state index contributed by atoms with van der Waals surface area (Å²) in [4.78, 5) is 11.6. The van der Waals surface area contributed by atoms with Crippen molar-refractivity contribution in [1.82, 2.24) is 5.32 Å². The Morgan fingerprint density at radius 2 is 2.10 bits per heavy atom. The molecule has 2 atom stereocenters. The van der Waals surface area contributed by atoms with E-state index in [4.69, 9.17) is 21.4 Å².